The summed E-state index contributed by atoms with van der Waals surface area (Å²) in [7, 11) is 1.51. The Balaban J connectivity index is 1.61. The summed E-state index contributed by atoms with van der Waals surface area (Å²) in [6.07, 6.45) is 9.83. The molecule has 4 nitrogen and oxygen atoms in total. The van der Waals surface area contributed by atoms with Gasteiger partial charge >= 0.3 is 5.97 Å². The van der Waals surface area contributed by atoms with Crippen LogP contribution < -0.4 is 0 Å². The van der Waals surface area contributed by atoms with Crippen molar-refractivity contribution in [3.8, 4) is 0 Å². The van der Waals surface area contributed by atoms with Gasteiger partial charge in [0.2, 0.25) is 0 Å². The lowest BCUT2D eigenvalue weighted by Crippen LogP contribution is -2.59. The van der Waals surface area contributed by atoms with Gasteiger partial charge in [0.05, 0.1) is 12.5 Å². The van der Waals surface area contributed by atoms with Gasteiger partial charge in [0.1, 0.15) is 0 Å². The first-order valence-electron chi connectivity index (χ1n) is 11.7. The monoisotopic (exact) mass is 420 g/mol. The zero-order valence-electron chi connectivity index (χ0n) is 19.0. The molecule has 0 heterocycles. The summed E-state index contributed by atoms with van der Waals surface area (Å²) in [6.45, 7) is 6.88. The van der Waals surface area contributed by atoms with E-state index in [1.807, 2.05) is 12.1 Å². The third-order valence-electron chi connectivity index (χ3n) is 9.62. The van der Waals surface area contributed by atoms with Gasteiger partial charge in [-0.3, -0.25) is 14.4 Å². The Hall–Kier alpha value is -2.23. The minimum atomic E-state index is -0.424. The molecule has 0 radical (unpaired) electrons. The average molecular weight is 421 g/mol. The minimum absolute atomic E-state index is 0.0489. The Bertz CT molecular complexity index is 1040. The van der Waals surface area contributed by atoms with Gasteiger partial charge in [-0.05, 0) is 104 Å². The predicted molar refractivity (Wildman–Crippen MR) is 118 cm³/mol. The fourth-order valence-electron chi connectivity index (χ4n) is 8.19. The number of hydrogen-bond acceptors (Lipinski definition) is 4. The van der Waals surface area contributed by atoms with Crippen LogP contribution >= 0.6 is 0 Å². The number of carbonyl (C=O) groups is 3. The van der Waals surface area contributed by atoms with Crippen LogP contribution in [-0.4, -0.2) is 24.6 Å². The van der Waals surface area contributed by atoms with Gasteiger partial charge in [0.25, 0.3) is 0 Å². The van der Waals surface area contributed by atoms with Gasteiger partial charge in [-0.1, -0.05) is 20.3 Å². The van der Waals surface area contributed by atoms with Crippen LogP contribution in [0.4, 0.5) is 0 Å². The summed E-state index contributed by atoms with van der Waals surface area (Å²) < 4.78 is 5.27. The highest BCUT2D eigenvalue weighted by Gasteiger charge is 2.62. The van der Waals surface area contributed by atoms with Crippen LogP contribution in [0.2, 0.25) is 0 Å². The van der Waals surface area contributed by atoms with Crippen LogP contribution in [0.3, 0.4) is 0 Å². The maximum Gasteiger partial charge on any atom is 0.311 e. The Morgan fingerprint density at radius 3 is 2.29 bits per heavy atom. The highest BCUT2D eigenvalue weighted by molar-refractivity contribution is 6.22. The van der Waals surface area contributed by atoms with Gasteiger partial charge < -0.3 is 4.74 Å². The lowest BCUT2D eigenvalue weighted by Gasteiger charge is -2.63. The van der Waals surface area contributed by atoms with Crippen LogP contribution in [-0.2, 0) is 21.4 Å². The standard InChI is InChI=1S/C27H32O4/c1-25-13-10-23-26(2,11-5-12-27(23,3)24(30)31-4)22(25)9-6-16-14-17-18(15-19(16)25)21(29)8-7-20(17)28/h7-8,14-15,22-23H,5-6,9-13H2,1-4H3/t22-,23+,25-,26+,27-/m0/s1. The van der Waals surface area contributed by atoms with E-state index in [2.05, 4.69) is 20.8 Å². The summed E-state index contributed by atoms with van der Waals surface area (Å²) in [5, 5.41) is 0. The number of esters is 1. The van der Waals surface area contributed by atoms with Crippen molar-refractivity contribution in [1.29, 1.82) is 0 Å². The molecule has 0 amide bonds. The molecule has 0 bridgehead atoms. The van der Waals surface area contributed by atoms with Gasteiger partial charge in [-0.25, -0.2) is 0 Å². The number of fused-ring (bicyclic) bond motifs is 6. The molecule has 5 rings (SSSR count). The lowest BCUT2D eigenvalue weighted by molar-refractivity contribution is -0.175. The second-order valence-electron chi connectivity index (χ2n) is 11.0. The van der Waals surface area contributed by atoms with E-state index in [-0.39, 0.29) is 28.4 Å². The smallest absolute Gasteiger partial charge is 0.311 e. The molecule has 4 aliphatic rings. The molecule has 31 heavy (non-hydrogen) atoms. The van der Waals surface area contributed by atoms with E-state index < -0.39 is 5.41 Å². The number of carbonyl (C=O) groups excluding carboxylic acids is 3. The third-order valence-corrected chi connectivity index (χ3v) is 9.62. The number of aryl methyl sites for hydroxylation is 1. The molecule has 5 atom stereocenters. The maximum atomic E-state index is 12.9. The predicted octanol–water partition coefficient (Wildman–Crippen LogP) is 5.22. The highest BCUT2D eigenvalue weighted by atomic mass is 16.5. The fraction of sp³-hybridized carbons (Fsp3) is 0.593. The molecular weight excluding hydrogens is 388 g/mol. The molecule has 0 spiro atoms. The third kappa shape index (κ3) is 2.63. The molecule has 4 heteroatoms. The van der Waals surface area contributed by atoms with Crippen LogP contribution in [0.1, 0.15) is 91.1 Å². The Morgan fingerprint density at radius 1 is 0.935 bits per heavy atom. The fourth-order valence-corrected chi connectivity index (χ4v) is 8.19. The largest absolute Gasteiger partial charge is 0.469 e. The normalized spacial score (nSPS) is 38.6. The van der Waals surface area contributed by atoms with Gasteiger partial charge in [0, 0.05) is 11.1 Å². The molecule has 2 fully saturated rings. The van der Waals surface area contributed by atoms with Crippen LogP contribution in [0.5, 0.6) is 0 Å². The van der Waals surface area contributed by atoms with Crippen molar-refractivity contribution in [2.75, 3.05) is 7.11 Å². The van der Waals surface area contributed by atoms with Crippen molar-refractivity contribution in [2.24, 2.45) is 22.7 Å². The second kappa shape index (κ2) is 6.63. The Morgan fingerprint density at radius 2 is 1.61 bits per heavy atom. The number of ether oxygens (including phenoxy) is 1. The van der Waals surface area contributed by atoms with E-state index in [1.54, 1.807) is 0 Å². The zero-order chi connectivity index (χ0) is 22.2. The summed E-state index contributed by atoms with van der Waals surface area (Å²) in [5.41, 5.74) is 3.18. The number of allylic oxidation sites excluding steroid dienone is 2. The van der Waals surface area contributed by atoms with E-state index in [0.717, 1.165) is 44.9 Å². The van der Waals surface area contributed by atoms with Crippen LogP contribution in [0.15, 0.2) is 24.3 Å². The molecule has 0 aliphatic heterocycles. The number of hydrogen-bond donors (Lipinski definition) is 0. The summed E-state index contributed by atoms with van der Waals surface area (Å²) >= 11 is 0. The molecule has 0 unspecified atom stereocenters. The molecule has 0 saturated heterocycles. The van der Waals surface area contributed by atoms with E-state index >= 15 is 0 Å². The van der Waals surface area contributed by atoms with Crippen molar-refractivity contribution in [3.05, 3.63) is 46.5 Å². The van der Waals surface area contributed by atoms with Crippen molar-refractivity contribution in [2.45, 2.75) is 71.1 Å². The van der Waals surface area contributed by atoms with Crippen molar-refractivity contribution >= 4 is 17.5 Å². The van der Waals surface area contributed by atoms with Crippen molar-refractivity contribution in [3.63, 3.8) is 0 Å². The highest BCUT2D eigenvalue weighted by Crippen LogP contribution is 2.67. The Kier molecular flexibility index (Phi) is 4.42. The van der Waals surface area contributed by atoms with Crippen LogP contribution in [0, 0.1) is 22.7 Å². The second-order valence-corrected chi connectivity index (χ2v) is 11.0. The van der Waals surface area contributed by atoms with E-state index in [4.69, 9.17) is 4.74 Å². The first kappa shape index (κ1) is 20.7. The van der Waals surface area contributed by atoms with Gasteiger partial charge in [-0.2, -0.15) is 0 Å². The SMILES string of the molecule is COC(=O)[C@@]1(C)CCC[C@]2(C)[C@H]3CCc4cc5c(cc4[C@]3(C)CC[C@H]21)C(=O)C=CC5=O. The molecule has 4 aliphatic carbocycles. The molecule has 0 N–H and O–H groups in total. The van der Waals surface area contributed by atoms with Gasteiger partial charge in [-0.15, -0.1) is 0 Å². The van der Waals surface area contributed by atoms with Crippen molar-refractivity contribution < 1.29 is 19.1 Å². The first-order chi connectivity index (χ1) is 14.6. The first-order valence-corrected chi connectivity index (χ1v) is 11.7. The lowest BCUT2D eigenvalue weighted by atomic mass is 9.40. The molecule has 0 aromatic heterocycles. The summed E-state index contributed by atoms with van der Waals surface area (Å²) in [4.78, 5) is 37.8. The molecule has 2 saturated carbocycles. The molecular formula is C27H32O4. The molecule has 164 valence electrons. The van der Waals surface area contributed by atoms with E-state index in [0.29, 0.717) is 23.0 Å². The number of methoxy groups -OCH3 is 1. The van der Waals surface area contributed by atoms with E-state index in [9.17, 15) is 14.4 Å². The van der Waals surface area contributed by atoms with Crippen molar-refractivity contribution in [1.82, 2.24) is 0 Å². The average Bonchev–Trinajstić information content (AvgIpc) is 2.74. The molecule has 1 aromatic carbocycles. The number of benzene rings is 1. The number of rotatable bonds is 1. The summed E-state index contributed by atoms with van der Waals surface area (Å²) in [5.74, 6) is 0.553. The quantitative estimate of drug-likeness (QED) is 0.584. The Labute approximate surface area is 184 Å². The maximum absolute atomic E-state index is 12.9. The van der Waals surface area contributed by atoms with E-state index in [1.165, 1.54) is 30.4 Å². The topological polar surface area (TPSA) is 60.4 Å². The minimum Gasteiger partial charge on any atom is -0.469 e. The number of ketones is 2. The zero-order valence-corrected chi connectivity index (χ0v) is 19.0. The summed E-state index contributed by atoms with van der Waals surface area (Å²) in [6, 6.07) is 4.02. The van der Waals surface area contributed by atoms with Crippen LogP contribution in [0.25, 0.3) is 0 Å². The molecule has 1 aromatic rings. The van der Waals surface area contributed by atoms with Gasteiger partial charge in [0.15, 0.2) is 11.6 Å².